The van der Waals surface area contributed by atoms with Crippen LogP contribution in [0.1, 0.15) is 27.4 Å². The van der Waals surface area contributed by atoms with Gasteiger partial charge in [0.05, 0.1) is 6.07 Å². The van der Waals surface area contributed by atoms with Crippen molar-refractivity contribution in [1.82, 2.24) is 0 Å². The first-order valence-electron chi connectivity index (χ1n) is 5.88. The summed E-state index contributed by atoms with van der Waals surface area (Å²) in [5.74, 6) is -1.72. The third-order valence-corrected chi connectivity index (χ3v) is 2.98. The van der Waals surface area contributed by atoms with E-state index < -0.39 is 11.7 Å². The second-order valence-corrected chi connectivity index (χ2v) is 4.30. The van der Waals surface area contributed by atoms with Gasteiger partial charge in [-0.25, -0.2) is 4.39 Å². The van der Waals surface area contributed by atoms with Crippen molar-refractivity contribution in [1.29, 1.82) is 5.26 Å². The SMILES string of the molecule is Cc1ccc(C(=O)C(C#N)c2ccccc2)cc1F. The number of nitrogens with zero attached hydrogens (tertiary/aromatic N) is 1. The van der Waals surface area contributed by atoms with Crippen LogP contribution in [0.3, 0.4) is 0 Å². The van der Waals surface area contributed by atoms with Crippen LogP contribution >= 0.6 is 0 Å². The van der Waals surface area contributed by atoms with Gasteiger partial charge >= 0.3 is 0 Å². The molecule has 0 saturated carbocycles. The van der Waals surface area contributed by atoms with Crippen LogP contribution in [0.2, 0.25) is 0 Å². The van der Waals surface area contributed by atoms with Gasteiger partial charge in [-0.1, -0.05) is 42.5 Å². The molecule has 0 saturated heterocycles. The van der Waals surface area contributed by atoms with Crippen molar-refractivity contribution in [2.75, 3.05) is 0 Å². The maximum Gasteiger partial charge on any atom is 0.184 e. The Morgan fingerprint density at radius 3 is 2.47 bits per heavy atom. The van der Waals surface area contributed by atoms with Crippen LogP contribution in [-0.4, -0.2) is 5.78 Å². The average molecular weight is 253 g/mol. The molecule has 0 heterocycles. The first kappa shape index (κ1) is 13.0. The van der Waals surface area contributed by atoms with E-state index in [-0.39, 0.29) is 11.3 Å². The first-order valence-corrected chi connectivity index (χ1v) is 5.88. The zero-order chi connectivity index (χ0) is 13.8. The average Bonchev–Trinajstić information content (AvgIpc) is 2.44. The molecule has 1 atom stereocenters. The predicted octanol–water partition coefficient (Wildman–Crippen LogP) is 3.62. The second kappa shape index (κ2) is 5.45. The minimum absolute atomic E-state index is 0.221. The molecule has 0 spiro atoms. The largest absolute Gasteiger partial charge is 0.292 e. The lowest BCUT2D eigenvalue weighted by molar-refractivity contribution is 0.0978. The second-order valence-electron chi connectivity index (χ2n) is 4.30. The number of carbonyl (C=O) groups excluding carboxylic acids is 1. The van der Waals surface area contributed by atoms with Crippen LogP contribution < -0.4 is 0 Å². The minimum atomic E-state index is -0.900. The van der Waals surface area contributed by atoms with Crippen molar-refractivity contribution in [3.63, 3.8) is 0 Å². The molecule has 0 bridgehead atoms. The highest BCUT2D eigenvalue weighted by Crippen LogP contribution is 2.21. The van der Waals surface area contributed by atoms with E-state index in [2.05, 4.69) is 0 Å². The molecular weight excluding hydrogens is 241 g/mol. The van der Waals surface area contributed by atoms with Crippen molar-refractivity contribution in [2.24, 2.45) is 0 Å². The molecule has 2 rings (SSSR count). The Hall–Kier alpha value is -2.47. The number of Topliss-reactive ketones (excluding diaryl/α,β-unsaturated/α-hetero) is 1. The highest BCUT2D eigenvalue weighted by atomic mass is 19.1. The Balaban J connectivity index is 2.37. The van der Waals surface area contributed by atoms with Crippen LogP contribution in [0.15, 0.2) is 48.5 Å². The van der Waals surface area contributed by atoms with Gasteiger partial charge in [0, 0.05) is 5.56 Å². The first-order chi connectivity index (χ1) is 9.13. The van der Waals surface area contributed by atoms with Gasteiger partial charge in [0.1, 0.15) is 11.7 Å². The maximum atomic E-state index is 13.5. The monoisotopic (exact) mass is 253 g/mol. The van der Waals surface area contributed by atoms with Crippen molar-refractivity contribution in [3.05, 3.63) is 71.0 Å². The van der Waals surface area contributed by atoms with Crippen LogP contribution in [-0.2, 0) is 0 Å². The lowest BCUT2D eigenvalue weighted by Crippen LogP contribution is -2.11. The molecule has 0 aliphatic heterocycles. The molecule has 0 aliphatic rings. The number of carbonyl (C=O) groups is 1. The Kier molecular flexibility index (Phi) is 3.72. The van der Waals surface area contributed by atoms with E-state index in [0.29, 0.717) is 11.1 Å². The van der Waals surface area contributed by atoms with Crippen molar-refractivity contribution in [2.45, 2.75) is 12.8 Å². The summed E-state index contributed by atoms with van der Waals surface area (Å²) in [6.07, 6.45) is 0. The summed E-state index contributed by atoms with van der Waals surface area (Å²) >= 11 is 0. The summed E-state index contributed by atoms with van der Waals surface area (Å²) in [6, 6.07) is 15.0. The van der Waals surface area contributed by atoms with Gasteiger partial charge in [0.2, 0.25) is 0 Å². The number of rotatable bonds is 3. The molecule has 0 fully saturated rings. The van der Waals surface area contributed by atoms with E-state index in [4.69, 9.17) is 0 Å². The van der Waals surface area contributed by atoms with Crippen LogP contribution in [0.5, 0.6) is 0 Å². The third-order valence-electron chi connectivity index (χ3n) is 2.98. The van der Waals surface area contributed by atoms with Gasteiger partial charge in [0.15, 0.2) is 5.78 Å². The van der Waals surface area contributed by atoms with Gasteiger partial charge < -0.3 is 0 Å². The van der Waals surface area contributed by atoms with Crippen LogP contribution in [0, 0.1) is 24.1 Å². The third kappa shape index (κ3) is 2.69. The molecule has 0 aromatic heterocycles. The lowest BCUT2D eigenvalue weighted by Gasteiger charge is -2.09. The van der Waals surface area contributed by atoms with Crippen molar-refractivity contribution in [3.8, 4) is 6.07 Å². The molecule has 2 nitrogen and oxygen atoms in total. The van der Waals surface area contributed by atoms with Gasteiger partial charge in [-0.15, -0.1) is 0 Å². The van der Waals surface area contributed by atoms with E-state index in [9.17, 15) is 14.4 Å². The number of halogens is 1. The Morgan fingerprint density at radius 1 is 1.21 bits per heavy atom. The number of aryl methyl sites for hydroxylation is 1. The number of nitriles is 1. The van der Waals surface area contributed by atoms with E-state index in [0.717, 1.165) is 0 Å². The molecule has 19 heavy (non-hydrogen) atoms. The smallest absolute Gasteiger partial charge is 0.184 e. The molecule has 2 aromatic carbocycles. The van der Waals surface area contributed by atoms with Crippen LogP contribution in [0.4, 0.5) is 4.39 Å². The molecule has 0 aliphatic carbocycles. The fourth-order valence-electron chi connectivity index (χ4n) is 1.84. The van der Waals surface area contributed by atoms with Gasteiger partial charge in [0.25, 0.3) is 0 Å². The molecule has 2 aromatic rings. The van der Waals surface area contributed by atoms with Crippen molar-refractivity contribution >= 4 is 5.78 Å². The zero-order valence-corrected chi connectivity index (χ0v) is 10.4. The van der Waals surface area contributed by atoms with Gasteiger partial charge in [-0.2, -0.15) is 5.26 Å². The number of hydrogen-bond donors (Lipinski definition) is 0. The molecular formula is C16H12FNO. The standard InChI is InChI=1S/C16H12FNO/c1-11-7-8-13(9-15(11)17)16(19)14(10-18)12-5-3-2-4-6-12/h2-9,14H,1H3. The summed E-state index contributed by atoms with van der Waals surface area (Å²) in [5, 5.41) is 9.17. The van der Waals surface area contributed by atoms with E-state index in [1.165, 1.54) is 6.07 Å². The lowest BCUT2D eigenvalue weighted by atomic mass is 9.91. The number of hydrogen-bond acceptors (Lipinski definition) is 2. The topological polar surface area (TPSA) is 40.9 Å². The fourth-order valence-corrected chi connectivity index (χ4v) is 1.84. The molecule has 1 unspecified atom stereocenters. The summed E-state index contributed by atoms with van der Waals surface area (Å²) in [5.41, 5.74) is 1.32. The zero-order valence-electron chi connectivity index (χ0n) is 10.4. The summed E-state index contributed by atoms with van der Waals surface area (Å²) in [4.78, 5) is 12.3. The summed E-state index contributed by atoms with van der Waals surface area (Å²) in [7, 11) is 0. The normalized spacial score (nSPS) is 11.6. The summed E-state index contributed by atoms with van der Waals surface area (Å²) < 4.78 is 13.5. The molecule has 0 radical (unpaired) electrons. The minimum Gasteiger partial charge on any atom is -0.292 e. The predicted molar refractivity (Wildman–Crippen MR) is 70.3 cm³/mol. The number of benzene rings is 2. The Bertz CT molecular complexity index is 644. The molecule has 0 amide bonds. The highest BCUT2D eigenvalue weighted by Gasteiger charge is 2.22. The van der Waals surface area contributed by atoms with E-state index in [1.807, 2.05) is 12.1 Å². The van der Waals surface area contributed by atoms with E-state index in [1.54, 1.807) is 43.3 Å². The number of ketones is 1. The Labute approximate surface area is 111 Å². The highest BCUT2D eigenvalue weighted by molar-refractivity contribution is 6.02. The van der Waals surface area contributed by atoms with Crippen molar-refractivity contribution < 1.29 is 9.18 Å². The quantitative estimate of drug-likeness (QED) is 0.784. The van der Waals surface area contributed by atoms with Gasteiger partial charge in [-0.05, 0) is 24.1 Å². The summed E-state index contributed by atoms with van der Waals surface area (Å²) in [6.45, 7) is 1.63. The molecule has 0 N–H and O–H groups in total. The van der Waals surface area contributed by atoms with Gasteiger partial charge in [-0.3, -0.25) is 4.79 Å². The van der Waals surface area contributed by atoms with E-state index >= 15 is 0 Å². The fraction of sp³-hybridized carbons (Fsp3) is 0.125. The molecule has 3 heteroatoms. The Morgan fingerprint density at radius 2 is 1.89 bits per heavy atom. The molecule has 94 valence electrons. The maximum absolute atomic E-state index is 13.5. The van der Waals surface area contributed by atoms with Crippen LogP contribution in [0.25, 0.3) is 0 Å².